The summed E-state index contributed by atoms with van der Waals surface area (Å²) in [5, 5.41) is 0. The van der Waals surface area contributed by atoms with Crippen LogP contribution in [0.2, 0.25) is 0 Å². The van der Waals surface area contributed by atoms with E-state index in [0.29, 0.717) is 0 Å². The van der Waals surface area contributed by atoms with Crippen LogP contribution in [-0.4, -0.2) is 0 Å². The van der Waals surface area contributed by atoms with Gasteiger partial charge in [0.25, 0.3) is 0 Å². The van der Waals surface area contributed by atoms with Crippen molar-refractivity contribution in [1.82, 2.24) is 0 Å². The van der Waals surface area contributed by atoms with Gasteiger partial charge in [0.1, 0.15) is 0 Å². The minimum absolute atomic E-state index is 1.14. The second-order valence-electron chi connectivity index (χ2n) is 3.80. The van der Waals surface area contributed by atoms with Crippen LogP contribution in [0, 0.1) is 6.42 Å². The maximum Gasteiger partial charge on any atom is -0.00930 e. The minimum atomic E-state index is 1.14. The third-order valence-electron chi connectivity index (χ3n) is 2.55. The smallest absolute Gasteiger partial charge is 0.00930 e. The normalized spacial score (nSPS) is 10.4. The Morgan fingerprint density at radius 3 is 2.71 bits per heavy atom. The monoisotopic (exact) mass is 189 g/mol. The fourth-order valence-corrected chi connectivity index (χ4v) is 1.60. The van der Waals surface area contributed by atoms with Crippen molar-refractivity contribution in [2.24, 2.45) is 0 Å². The molecule has 0 saturated carbocycles. The van der Waals surface area contributed by atoms with Gasteiger partial charge >= 0.3 is 0 Å². The van der Waals surface area contributed by atoms with Crippen molar-refractivity contribution in [2.45, 2.75) is 46.0 Å². The molecule has 0 aliphatic rings. The van der Waals surface area contributed by atoms with Crippen molar-refractivity contribution in [3.05, 3.63) is 41.8 Å². The Kier molecular flexibility index (Phi) is 5.36. The summed E-state index contributed by atoms with van der Waals surface area (Å²) in [7, 11) is 0. The summed E-state index contributed by atoms with van der Waals surface area (Å²) in [6, 6.07) is 8.85. The molecule has 1 aromatic carbocycles. The number of benzene rings is 1. The molecule has 14 heavy (non-hydrogen) atoms. The molecule has 0 saturated heterocycles. The number of hydrogen-bond donors (Lipinski definition) is 0. The minimum Gasteiger partial charge on any atom is -0.0654 e. The molecule has 0 aromatic heterocycles. The zero-order valence-electron chi connectivity index (χ0n) is 9.42. The predicted molar refractivity (Wildman–Crippen MR) is 63.4 cm³/mol. The molecular formula is C14H21. The molecule has 0 fully saturated rings. The average molecular weight is 189 g/mol. The van der Waals surface area contributed by atoms with Crippen molar-refractivity contribution in [1.29, 1.82) is 0 Å². The first-order valence-corrected chi connectivity index (χ1v) is 5.79. The standard InChI is InChI=1S/C14H21/c1-3-5-6-7-9-14-11-8-10-13(4-2)12-14/h8-12H,3-7H2,1-2H3. The highest BCUT2D eigenvalue weighted by molar-refractivity contribution is 5.28. The summed E-state index contributed by atoms with van der Waals surface area (Å²) in [4.78, 5) is 0. The Balaban J connectivity index is 2.34. The molecule has 0 spiro atoms. The van der Waals surface area contributed by atoms with Gasteiger partial charge in [0.2, 0.25) is 0 Å². The lowest BCUT2D eigenvalue weighted by molar-refractivity contribution is 0.715. The zero-order chi connectivity index (χ0) is 10.2. The Morgan fingerprint density at radius 2 is 2.00 bits per heavy atom. The molecule has 0 nitrogen and oxygen atoms in total. The molecule has 0 aliphatic heterocycles. The molecule has 1 rings (SSSR count). The van der Waals surface area contributed by atoms with Gasteiger partial charge < -0.3 is 0 Å². The van der Waals surface area contributed by atoms with Crippen LogP contribution in [0.4, 0.5) is 0 Å². The molecule has 0 aliphatic carbocycles. The Labute approximate surface area is 88.4 Å². The molecule has 77 valence electrons. The maximum atomic E-state index is 2.36. The summed E-state index contributed by atoms with van der Waals surface area (Å²) in [5.74, 6) is 0. The van der Waals surface area contributed by atoms with E-state index in [2.05, 4.69) is 44.5 Å². The lowest BCUT2D eigenvalue weighted by Gasteiger charge is -2.02. The van der Waals surface area contributed by atoms with Crippen molar-refractivity contribution >= 4 is 0 Å². The van der Waals surface area contributed by atoms with Crippen molar-refractivity contribution < 1.29 is 0 Å². The quantitative estimate of drug-likeness (QED) is 0.582. The largest absolute Gasteiger partial charge is 0.0654 e. The van der Waals surface area contributed by atoms with Crippen molar-refractivity contribution in [2.75, 3.05) is 0 Å². The van der Waals surface area contributed by atoms with Crippen LogP contribution in [0.5, 0.6) is 0 Å². The van der Waals surface area contributed by atoms with Gasteiger partial charge in [-0.2, -0.15) is 0 Å². The zero-order valence-corrected chi connectivity index (χ0v) is 9.42. The number of rotatable bonds is 6. The van der Waals surface area contributed by atoms with E-state index in [1.54, 1.807) is 0 Å². The molecule has 1 aromatic rings. The Hall–Kier alpha value is -0.780. The van der Waals surface area contributed by atoms with Crippen molar-refractivity contribution in [3.63, 3.8) is 0 Å². The summed E-state index contributed by atoms with van der Waals surface area (Å²) >= 11 is 0. The van der Waals surface area contributed by atoms with Crippen LogP contribution < -0.4 is 0 Å². The van der Waals surface area contributed by atoms with E-state index >= 15 is 0 Å². The van der Waals surface area contributed by atoms with E-state index in [1.165, 1.54) is 36.8 Å². The number of hydrogen-bond acceptors (Lipinski definition) is 0. The molecule has 0 N–H and O–H groups in total. The third kappa shape index (κ3) is 3.95. The molecule has 0 atom stereocenters. The summed E-state index contributed by atoms with van der Waals surface area (Å²) in [6.45, 7) is 4.45. The van der Waals surface area contributed by atoms with Crippen LogP contribution >= 0.6 is 0 Å². The van der Waals surface area contributed by atoms with E-state index in [0.717, 1.165) is 6.42 Å². The first-order valence-electron chi connectivity index (χ1n) is 5.79. The van der Waals surface area contributed by atoms with Gasteiger partial charge in [-0.3, -0.25) is 0 Å². The van der Waals surface area contributed by atoms with E-state index in [9.17, 15) is 0 Å². The first-order chi connectivity index (χ1) is 6.86. The molecule has 0 bridgehead atoms. The highest BCUT2D eigenvalue weighted by Gasteiger charge is 1.95. The predicted octanol–water partition coefficient (Wildman–Crippen LogP) is 4.38. The molecule has 0 unspecified atom stereocenters. The van der Waals surface area contributed by atoms with Gasteiger partial charge in [-0.05, 0) is 30.4 Å². The van der Waals surface area contributed by atoms with Gasteiger partial charge in [-0.15, -0.1) is 0 Å². The highest BCUT2D eigenvalue weighted by Crippen LogP contribution is 2.12. The Morgan fingerprint density at radius 1 is 1.14 bits per heavy atom. The Bertz CT molecular complexity index is 250. The lowest BCUT2D eigenvalue weighted by Crippen LogP contribution is -1.86. The van der Waals surface area contributed by atoms with Crippen LogP contribution in [-0.2, 0) is 6.42 Å². The van der Waals surface area contributed by atoms with E-state index in [-0.39, 0.29) is 0 Å². The fraction of sp³-hybridized carbons (Fsp3) is 0.500. The highest BCUT2D eigenvalue weighted by atomic mass is 14.0. The second kappa shape index (κ2) is 6.64. The van der Waals surface area contributed by atoms with Crippen LogP contribution in [0.1, 0.15) is 50.7 Å². The van der Waals surface area contributed by atoms with Crippen LogP contribution in [0.3, 0.4) is 0 Å². The molecule has 0 heteroatoms. The van der Waals surface area contributed by atoms with Crippen LogP contribution in [0.25, 0.3) is 0 Å². The van der Waals surface area contributed by atoms with Crippen LogP contribution in [0.15, 0.2) is 24.3 Å². The topological polar surface area (TPSA) is 0 Å². The van der Waals surface area contributed by atoms with Crippen molar-refractivity contribution in [3.8, 4) is 0 Å². The molecule has 0 heterocycles. The summed E-state index contributed by atoms with van der Waals surface area (Å²) in [5.41, 5.74) is 2.83. The molecule has 0 amide bonds. The average Bonchev–Trinajstić information content (AvgIpc) is 2.25. The molecular weight excluding hydrogens is 168 g/mol. The van der Waals surface area contributed by atoms with E-state index in [4.69, 9.17) is 0 Å². The maximum absolute atomic E-state index is 2.36. The van der Waals surface area contributed by atoms with Gasteiger partial charge in [-0.25, -0.2) is 0 Å². The third-order valence-corrected chi connectivity index (χ3v) is 2.55. The van der Waals surface area contributed by atoms with Gasteiger partial charge in [0.15, 0.2) is 0 Å². The lowest BCUT2D eigenvalue weighted by atomic mass is 10.0. The van der Waals surface area contributed by atoms with Gasteiger partial charge in [0, 0.05) is 0 Å². The van der Waals surface area contributed by atoms with Gasteiger partial charge in [0.05, 0.1) is 0 Å². The number of aryl methyl sites for hydroxylation is 1. The van der Waals surface area contributed by atoms with E-state index in [1.807, 2.05) is 0 Å². The first kappa shape index (κ1) is 11.3. The molecule has 1 radical (unpaired) electrons. The summed E-state index contributed by atoms with van der Waals surface area (Å²) < 4.78 is 0. The van der Waals surface area contributed by atoms with Gasteiger partial charge in [-0.1, -0.05) is 57.4 Å². The second-order valence-corrected chi connectivity index (χ2v) is 3.80. The van der Waals surface area contributed by atoms with E-state index < -0.39 is 0 Å². The summed E-state index contributed by atoms with van der Waals surface area (Å²) in [6.07, 6.45) is 8.70. The number of unbranched alkanes of at least 4 members (excludes halogenated alkanes) is 3. The fourth-order valence-electron chi connectivity index (χ4n) is 1.60. The SMILES string of the molecule is CCCCC[CH]c1cccc(CC)c1.